The van der Waals surface area contributed by atoms with Gasteiger partial charge in [0.1, 0.15) is 0 Å². The van der Waals surface area contributed by atoms with Gasteiger partial charge in [-0.25, -0.2) is 0 Å². The molecule has 5 rings (SSSR count). The van der Waals surface area contributed by atoms with Crippen LogP contribution in [0.2, 0.25) is 0 Å². The average molecular weight is 476 g/mol. The summed E-state index contributed by atoms with van der Waals surface area (Å²) < 4.78 is 5.92. The molecule has 1 amide bonds. The molecule has 2 aromatic carbocycles. The Bertz CT molecular complexity index is 1320. The SMILES string of the molecule is O=C(C1=C(O)C(=O)N(c2nnc(SCc3ccccc3)s2)C1c1ccccc1)c1ccco1. The molecule has 33 heavy (non-hydrogen) atoms. The van der Waals surface area contributed by atoms with Gasteiger partial charge in [-0.2, -0.15) is 0 Å². The number of nitrogens with zero attached hydrogens (tertiary/aromatic N) is 3. The lowest BCUT2D eigenvalue weighted by Gasteiger charge is -2.23. The number of aromatic nitrogens is 2. The zero-order valence-electron chi connectivity index (χ0n) is 17.1. The lowest BCUT2D eigenvalue weighted by molar-refractivity contribution is -0.117. The van der Waals surface area contributed by atoms with Crippen molar-refractivity contribution in [3.05, 3.63) is 107 Å². The number of aliphatic hydroxyl groups is 1. The van der Waals surface area contributed by atoms with Crippen molar-refractivity contribution >= 4 is 39.9 Å². The molecule has 0 fully saturated rings. The molecule has 1 unspecified atom stereocenters. The predicted molar refractivity (Wildman–Crippen MR) is 125 cm³/mol. The smallest absolute Gasteiger partial charge is 0.296 e. The maximum atomic E-state index is 13.2. The molecule has 164 valence electrons. The zero-order chi connectivity index (χ0) is 22.8. The molecule has 0 aliphatic carbocycles. The number of carbonyl (C=O) groups is 2. The third-order valence-corrected chi connectivity index (χ3v) is 7.25. The first-order valence-corrected chi connectivity index (χ1v) is 11.8. The first-order valence-electron chi connectivity index (χ1n) is 10.0. The predicted octanol–water partition coefficient (Wildman–Crippen LogP) is 5.21. The second-order valence-corrected chi connectivity index (χ2v) is 9.36. The Morgan fingerprint density at radius 1 is 1.03 bits per heavy atom. The highest BCUT2D eigenvalue weighted by atomic mass is 32.2. The first kappa shape index (κ1) is 21.2. The number of hydrogen-bond acceptors (Lipinski definition) is 8. The number of furan rings is 1. The van der Waals surface area contributed by atoms with Crippen LogP contribution in [0.5, 0.6) is 0 Å². The average Bonchev–Trinajstić information content (AvgIpc) is 3.60. The van der Waals surface area contributed by atoms with E-state index in [0.717, 1.165) is 5.56 Å². The molecule has 0 saturated carbocycles. The van der Waals surface area contributed by atoms with E-state index in [4.69, 9.17) is 4.42 Å². The van der Waals surface area contributed by atoms with Crippen molar-refractivity contribution in [2.45, 2.75) is 16.1 Å². The maximum absolute atomic E-state index is 13.2. The molecule has 7 nitrogen and oxygen atoms in total. The minimum Gasteiger partial charge on any atom is -0.503 e. The van der Waals surface area contributed by atoms with Crippen molar-refractivity contribution in [1.29, 1.82) is 0 Å². The molecule has 1 aliphatic heterocycles. The fraction of sp³-hybridized carbons (Fsp3) is 0.0833. The van der Waals surface area contributed by atoms with Crippen molar-refractivity contribution in [3.8, 4) is 0 Å². The highest BCUT2D eigenvalue weighted by Gasteiger charge is 2.46. The summed E-state index contributed by atoms with van der Waals surface area (Å²) in [5.41, 5.74) is 1.76. The fourth-order valence-corrected chi connectivity index (χ4v) is 5.43. The highest BCUT2D eigenvalue weighted by Crippen LogP contribution is 2.43. The number of rotatable bonds is 7. The molecule has 9 heteroatoms. The summed E-state index contributed by atoms with van der Waals surface area (Å²) in [5.74, 6) is -1.11. The number of thioether (sulfide) groups is 1. The van der Waals surface area contributed by atoms with E-state index in [-0.39, 0.29) is 11.3 Å². The molecule has 1 N–H and O–H groups in total. The van der Waals surface area contributed by atoms with Crippen LogP contribution >= 0.6 is 23.1 Å². The molecule has 0 saturated heterocycles. The van der Waals surface area contributed by atoms with E-state index in [0.29, 0.717) is 20.8 Å². The standard InChI is InChI=1S/C24H17N3O4S2/c28-20(17-12-7-13-31-17)18-19(16-10-5-2-6-11-16)27(22(30)21(18)29)23-25-26-24(33-23)32-14-15-8-3-1-4-9-15/h1-13,19,29H,14H2. The van der Waals surface area contributed by atoms with Gasteiger partial charge in [0.15, 0.2) is 15.9 Å². The van der Waals surface area contributed by atoms with Crippen LogP contribution < -0.4 is 4.90 Å². The van der Waals surface area contributed by atoms with Crippen LogP contribution in [0.25, 0.3) is 0 Å². The van der Waals surface area contributed by atoms with Gasteiger partial charge < -0.3 is 9.52 Å². The summed E-state index contributed by atoms with van der Waals surface area (Å²) in [6.07, 6.45) is 1.37. The highest BCUT2D eigenvalue weighted by molar-refractivity contribution is 8.00. The van der Waals surface area contributed by atoms with Gasteiger partial charge >= 0.3 is 0 Å². The number of benzene rings is 2. The topological polar surface area (TPSA) is 96.5 Å². The summed E-state index contributed by atoms with van der Waals surface area (Å²) in [6.45, 7) is 0. The van der Waals surface area contributed by atoms with Gasteiger partial charge in [0.25, 0.3) is 5.91 Å². The minimum atomic E-state index is -0.851. The molecule has 0 radical (unpaired) electrons. The molecule has 1 aliphatic rings. The molecule has 3 heterocycles. The number of ketones is 1. The van der Waals surface area contributed by atoms with E-state index in [9.17, 15) is 14.7 Å². The van der Waals surface area contributed by atoms with Crippen molar-refractivity contribution in [3.63, 3.8) is 0 Å². The van der Waals surface area contributed by atoms with E-state index < -0.39 is 23.5 Å². The third kappa shape index (κ3) is 4.08. The molecule has 0 spiro atoms. The maximum Gasteiger partial charge on any atom is 0.296 e. The van der Waals surface area contributed by atoms with Crippen LogP contribution in [0.1, 0.15) is 27.7 Å². The van der Waals surface area contributed by atoms with Crippen molar-refractivity contribution in [1.82, 2.24) is 10.2 Å². The first-order chi connectivity index (χ1) is 16.1. The Morgan fingerprint density at radius 3 is 2.45 bits per heavy atom. The van der Waals surface area contributed by atoms with Gasteiger partial charge in [0.05, 0.1) is 17.9 Å². The van der Waals surface area contributed by atoms with Crippen LogP contribution in [-0.2, 0) is 10.5 Å². The summed E-state index contributed by atoms with van der Waals surface area (Å²) in [5, 5.41) is 19.5. The van der Waals surface area contributed by atoms with E-state index in [2.05, 4.69) is 10.2 Å². The van der Waals surface area contributed by atoms with Crippen molar-refractivity contribution < 1.29 is 19.1 Å². The van der Waals surface area contributed by atoms with Gasteiger partial charge in [-0.3, -0.25) is 14.5 Å². The Balaban J connectivity index is 1.49. The van der Waals surface area contributed by atoms with E-state index >= 15 is 0 Å². The quantitative estimate of drug-likeness (QED) is 0.223. The van der Waals surface area contributed by atoms with Gasteiger partial charge in [-0.15, -0.1) is 10.2 Å². The molecule has 0 bridgehead atoms. The van der Waals surface area contributed by atoms with Gasteiger partial charge in [0.2, 0.25) is 10.9 Å². The monoisotopic (exact) mass is 475 g/mol. The van der Waals surface area contributed by atoms with Gasteiger partial charge in [0, 0.05) is 5.75 Å². The van der Waals surface area contributed by atoms with Crippen molar-refractivity contribution in [2.75, 3.05) is 4.90 Å². The Morgan fingerprint density at radius 2 is 1.76 bits per heavy atom. The van der Waals surface area contributed by atoms with Crippen LogP contribution in [0, 0.1) is 0 Å². The molecule has 4 aromatic rings. The lowest BCUT2D eigenvalue weighted by atomic mass is 9.95. The van der Waals surface area contributed by atoms with E-state index in [1.54, 1.807) is 18.2 Å². The van der Waals surface area contributed by atoms with E-state index in [1.807, 2.05) is 48.5 Å². The number of aliphatic hydroxyl groups excluding tert-OH is 1. The number of amides is 1. The Hall–Kier alpha value is -3.69. The number of anilines is 1. The Kier molecular flexibility index (Phi) is 5.80. The largest absolute Gasteiger partial charge is 0.503 e. The second kappa shape index (κ2) is 9.05. The summed E-state index contributed by atoms with van der Waals surface area (Å²) >= 11 is 2.74. The minimum absolute atomic E-state index is 0.0449. The van der Waals surface area contributed by atoms with Crippen LogP contribution in [0.3, 0.4) is 0 Å². The van der Waals surface area contributed by atoms with Crippen LogP contribution in [-0.4, -0.2) is 27.0 Å². The van der Waals surface area contributed by atoms with Crippen LogP contribution in [0.15, 0.2) is 99.1 Å². The molecule has 1 atom stereocenters. The fourth-order valence-electron chi connectivity index (χ4n) is 3.60. The van der Waals surface area contributed by atoms with Gasteiger partial charge in [-0.05, 0) is 23.3 Å². The molecule has 2 aromatic heterocycles. The summed E-state index contributed by atoms with van der Waals surface area (Å²) in [7, 11) is 0. The summed E-state index contributed by atoms with van der Waals surface area (Å²) in [4.78, 5) is 27.6. The molecular formula is C24H17N3O4S2. The number of hydrogen-bond donors (Lipinski definition) is 1. The lowest BCUT2D eigenvalue weighted by Crippen LogP contribution is -2.31. The van der Waals surface area contributed by atoms with Gasteiger partial charge in [-0.1, -0.05) is 83.8 Å². The third-order valence-electron chi connectivity index (χ3n) is 5.12. The molecular weight excluding hydrogens is 458 g/mol. The van der Waals surface area contributed by atoms with Crippen molar-refractivity contribution in [2.24, 2.45) is 0 Å². The number of carbonyl (C=O) groups excluding carboxylic acids is 2. The number of Topliss-reactive ketones (excluding diaryl/α,β-unsaturated/α-hetero) is 1. The zero-order valence-corrected chi connectivity index (χ0v) is 18.8. The summed E-state index contributed by atoms with van der Waals surface area (Å²) in [6, 6.07) is 21.2. The second-order valence-electron chi connectivity index (χ2n) is 7.18. The Labute approximate surface area is 197 Å². The van der Waals surface area contributed by atoms with E-state index in [1.165, 1.54) is 40.3 Å². The van der Waals surface area contributed by atoms with Crippen LogP contribution in [0.4, 0.5) is 5.13 Å². The normalized spacial score (nSPS) is 15.9.